The zero-order chi connectivity index (χ0) is 21.6. The number of hydrogen-bond acceptors (Lipinski definition) is 5. The van der Waals surface area contributed by atoms with Gasteiger partial charge in [-0.1, -0.05) is 36.4 Å². The number of hydrogen-bond donors (Lipinski definition) is 1. The van der Waals surface area contributed by atoms with Crippen LogP contribution in [-0.2, 0) is 9.59 Å². The van der Waals surface area contributed by atoms with E-state index in [1.807, 2.05) is 54.6 Å². The van der Waals surface area contributed by atoms with E-state index in [0.29, 0.717) is 16.9 Å². The largest absolute Gasteiger partial charge is 0.497 e. The predicted molar refractivity (Wildman–Crippen MR) is 121 cm³/mol. The zero-order valence-electron chi connectivity index (χ0n) is 16.9. The van der Waals surface area contributed by atoms with E-state index in [2.05, 4.69) is 15.5 Å². The van der Waals surface area contributed by atoms with Crippen LogP contribution in [0.1, 0.15) is 11.1 Å². The molecule has 0 bridgehead atoms. The third-order valence-corrected chi connectivity index (χ3v) is 4.74. The molecule has 0 radical (unpaired) electrons. The number of carbonyl (C=O) groups excluding carboxylic acids is 2. The maximum absolute atomic E-state index is 13.0. The van der Waals surface area contributed by atoms with Crippen LogP contribution in [0.15, 0.2) is 89.1 Å². The second-order valence-corrected chi connectivity index (χ2v) is 6.79. The van der Waals surface area contributed by atoms with Gasteiger partial charge in [0.2, 0.25) is 5.91 Å². The first-order chi connectivity index (χ1) is 15.2. The van der Waals surface area contributed by atoms with E-state index in [1.165, 1.54) is 4.90 Å². The van der Waals surface area contributed by atoms with Crippen LogP contribution in [0, 0.1) is 0 Å². The third-order valence-electron chi connectivity index (χ3n) is 4.74. The summed E-state index contributed by atoms with van der Waals surface area (Å²) in [7, 11) is 1.60. The average molecular weight is 412 g/mol. The van der Waals surface area contributed by atoms with Crippen LogP contribution >= 0.6 is 0 Å². The van der Waals surface area contributed by atoms with Crippen molar-refractivity contribution in [1.29, 1.82) is 0 Å². The van der Waals surface area contributed by atoms with E-state index in [-0.39, 0.29) is 24.1 Å². The molecule has 0 aliphatic carbocycles. The molecule has 0 spiro atoms. The first-order valence-corrected chi connectivity index (χ1v) is 9.67. The van der Waals surface area contributed by atoms with Crippen LogP contribution in [0.4, 0.5) is 11.4 Å². The normalized spacial score (nSPS) is 14.2. The van der Waals surface area contributed by atoms with E-state index in [4.69, 9.17) is 4.74 Å². The van der Waals surface area contributed by atoms with Crippen LogP contribution < -0.4 is 15.0 Å². The van der Waals surface area contributed by atoms with Crippen molar-refractivity contribution in [2.45, 2.75) is 0 Å². The first kappa shape index (κ1) is 20.0. The topological polar surface area (TPSA) is 83.4 Å². The Hall–Kier alpha value is -4.26. The molecule has 154 valence electrons. The van der Waals surface area contributed by atoms with Crippen molar-refractivity contribution in [3.8, 4) is 5.75 Å². The van der Waals surface area contributed by atoms with Gasteiger partial charge in [-0.2, -0.15) is 5.10 Å². The van der Waals surface area contributed by atoms with Gasteiger partial charge in [0.05, 0.1) is 19.0 Å². The van der Waals surface area contributed by atoms with Crippen molar-refractivity contribution in [2.24, 2.45) is 10.2 Å². The Bertz CT molecular complexity index is 1150. The smallest absolute Gasteiger partial charge is 0.279 e. The van der Waals surface area contributed by atoms with E-state index < -0.39 is 0 Å². The predicted octanol–water partition coefficient (Wildman–Crippen LogP) is 3.50. The molecule has 3 aromatic carbocycles. The molecule has 2 amide bonds. The van der Waals surface area contributed by atoms with Crippen molar-refractivity contribution in [3.63, 3.8) is 0 Å². The first-order valence-electron chi connectivity index (χ1n) is 9.67. The van der Waals surface area contributed by atoms with E-state index in [9.17, 15) is 9.59 Å². The Kier molecular flexibility index (Phi) is 5.84. The lowest BCUT2D eigenvalue weighted by Crippen LogP contribution is -2.37. The number of para-hydroxylation sites is 2. The number of carbonyl (C=O) groups is 2. The number of rotatable bonds is 6. The minimum Gasteiger partial charge on any atom is -0.497 e. The van der Waals surface area contributed by atoms with Crippen molar-refractivity contribution in [2.75, 3.05) is 23.9 Å². The van der Waals surface area contributed by atoms with Gasteiger partial charge in [0, 0.05) is 11.3 Å². The van der Waals surface area contributed by atoms with E-state index in [0.717, 1.165) is 11.3 Å². The van der Waals surface area contributed by atoms with Crippen LogP contribution in [-0.4, -0.2) is 37.4 Å². The summed E-state index contributed by atoms with van der Waals surface area (Å²) in [6, 6.07) is 23.6. The number of benzene rings is 3. The third kappa shape index (κ3) is 4.51. The molecule has 7 heteroatoms. The van der Waals surface area contributed by atoms with Gasteiger partial charge in [-0.15, -0.1) is 5.10 Å². The fourth-order valence-electron chi connectivity index (χ4n) is 3.22. The highest BCUT2D eigenvalue weighted by Crippen LogP contribution is 2.29. The second-order valence-electron chi connectivity index (χ2n) is 6.79. The summed E-state index contributed by atoms with van der Waals surface area (Å²) in [6.07, 6.45) is 1.56. The molecule has 3 aromatic rings. The number of fused-ring (bicyclic) bond motifs is 1. The fraction of sp³-hybridized carbons (Fsp3) is 0.0833. The lowest BCUT2D eigenvalue weighted by Gasteiger charge is -2.16. The number of methoxy groups -OCH3 is 1. The Morgan fingerprint density at radius 2 is 1.71 bits per heavy atom. The van der Waals surface area contributed by atoms with Crippen LogP contribution in [0.2, 0.25) is 0 Å². The molecule has 4 rings (SSSR count). The summed E-state index contributed by atoms with van der Waals surface area (Å²) in [4.78, 5) is 26.9. The maximum atomic E-state index is 13.0. The molecule has 0 fully saturated rings. The van der Waals surface area contributed by atoms with Gasteiger partial charge in [0.25, 0.3) is 5.91 Å². The molecule has 1 N–H and O–H groups in total. The number of anilines is 2. The summed E-state index contributed by atoms with van der Waals surface area (Å²) in [6.45, 7) is -0.119. The monoisotopic (exact) mass is 412 g/mol. The van der Waals surface area contributed by atoms with Gasteiger partial charge in [0.15, 0.2) is 5.71 Å². The molecule has 0 saturated heterocycles. The molecule has 0 aromatic heterocycles. The Morgan fingerprint density at radius 3 is 2.45 bits per heavy atom. The summed E-state index contributed by atoms with van der Waals surface area (Å²) >= 11 is 0. The van der Waals surface area contributed by atoms with E-state index in [1.54, 1.807) is 37.6 Å². The highest BCUT2D eigenvalue weighted by atomic mass is 16.5. The quantitative estimate of drug-likeness (QED) is 0.497. The molecule has 31 heavy (non-hydrogen) atoms. The molecule has 1 heterocycles. The molecule has 7 nitrogen and oxygen atoms in total. The Labute approximate surface area is 179 Å². The van der Waals surface area contributed by atoms with Crippen molar-refractivity contribution in [3.05, 3.63) is 90.0 Å². The van der Waals surface area contributed by atoms with Gasteiger partial charge in [0.1, 0.15) is 12.3 Å². The fourth-order valence-corrected chi connectivity index (χ4v) is 3.22. The molecule has 0 atom stereocenters. The highest BCUT2D eigenvalue weighted by molar-refractivity contribution is 6.54. The second kappa shape index (κ2) is 9.04. The van der Waals surface area contributed by atoms with Crippen LogP contribution in [0.25, 0.3) is 0 Å². The van der Waals surface area contributed by atoms with Crippen LogP contribution in [0.5, 0.6) is 5.75 Å². The Morgan fingerprint density at radius 1 is 1.00 bits per heavy atom. The van der Waals surface area contributed by atoms with Gasteiger partial charge in [-0.25, -0.2) is 0 Å². The number of nitrogens with one attached hydrogen (secondary N) is 1. The lowest BCUT2D eigenvalue weighted by molar-refractivity contribution is -0.118. The molecule has 0 unspecified atom stereocenters. The SMILES string of the molecule is COc1ccc(/C=N/N=C2\C(=O)N(CC(=O)Nc3ccccc3)c3ccccc32)cc1. The minimum atomic E-state index is -0.365. The van der Waals surface area contributed by atoms with Gasteiger partial charge in [-0.3, -0.25) is 14.5 Å². The summed E-state index contributed by atoms with van der Waals surface area (Å²) < 4.78 is 5.13. The van der Waals surface area contributed by atoms with Gasteiger partial charge >= 0.3 is 0 Å². The molecular formula is C24H20N4O3. The Balaban J connectivity index is 1.53. The number of nitrogens with zero attached hydrogens (tertiary/aromatic N) is 3. The lowest BCUT2D eigenvalue weighted by atomic mass is 10.1. The highest BCUT2D eigenvalue weighted by Gasteiger charge is 2.35. The average Bonchev–Trinajstić information content (AvgIpc) is 3.06. The van der Waals surface area contributed by atoms with Crippen LogP contribution in [0.3, 0.4) is 0 Å². The van der Waals surface area contributed by atoms with Gasteiger partial charge < -0.3 is 10.1 Å². The van der Waals surface area contributed by atoms with Crippen molar-refractivity contribution in [1.82, 2.24) is 0 Å². The summed E-state index contributed by atoms with van der Waals surface area (Å²) in [5.41, 5.74) is 2.97. The molecular weight excluding hydrogens is 392 g/mol. The van der Waals surface area contributed by atoms with Crippen molar-refractivity contribution >= 4 is 35.1 Å². The van der Waals surface area contributed by atoms with Crippen molar-refractivity contribution < 1.29 is 14.3 Å². The minimum absolute atomic E-state index is 0.119. The summed E-state index contributed by atoms with van der Waals surface area (Å²) in [5, 5.41) is 11.0. The van der Waals surface area contributed by atoms with E-state index >= 15 is 0 Å². The standard InChI is InChI=1S/C24H20N4O3/c1-31-19-13-11-17(12-14-19)15-25-27-23-20-9-5-6-10-21(20)28(24(23)30)16-22(29)26-18-7-3-2-4-8-18/h2-15H,16H2,1H3,(H,26,29)/b25-15+,27-23-. The van der Waals surface area contributed by atoms with Gasteiger partial charge in [-0.05, 0) is 48.0 Å². The zero-order valence-corrected chi connectivity index (χ0v) is 16.9. The maximum Gasteiger partial charge on any atom is 0.279 e. The molecule has 0 saturated carbocycles. The summed E-state index contributed by atoms with van der Waals surface area (Å²) in [5.74, 6) is 0.0846. The molecule has 1 aliphatic rings. The molecule has 1 aliphatic heterocycles. The number of amides is 2. The number of ether oxygens (including phenoxy) is 1.